The zero-order valence-electron chi connectivity index (χ0n) is 13.1. The molecule has 0 radical (unpaired) electrons. The molecule has 1 aliphatic heterocycles. The molecular formula is C16H23FN4O2. The minimum absolute atomic E-state index is 0.0598. The average molecular weight is 322 g/mol. The minimum atomic E-state index is -0.374. The lowest BCUT2D eigenvalue weighted by atomic mass is 10.1. The predicted octanol–water partition coefficient (Wildman–Crippen LogP) is -0.494. The van der Waals surface area contributed by atoms with Gasteiger partial charge in [0.1, 0.15) is 5.82 Å². The molecule has 1 aromatic rings. The second kappa shape index (κ2) is 9.22. The summed E-state index contributed by atoms with van der Waals surface area (Å²) in [6.07, 6.45) is 0.0613. The van der Waals surface area contributed by atoms with Crippen molar-refractivity contribution in [2.75, 3.05) is 45.8 Å². The maximum Gasteiger partial charge on any atom is 0.239 e. The molecular weight excluding hydrogens is 299 g/mol. The Hall–Kier alpha value is -1.99. The monoisotopic (exact) mass is 322 g/mol. The number of hydrogen-bond donors (Lipinski definition) is 3. The van der Waals surface area contributed by atoms with Crippen LogP contribution in [0, 0.1) is 5.82 Å². The Morgan fingerprint density at radius 1 is 1.17 bits per heavy atom. The zero-order valence-corrected chi connectivity index (χ0v) is 13.1. The van der Waals surface area contributed by atoms with Crippen LogP contribution < -0.4 is 16.0 Å². The molecule has 23 heavy (non-hydrogen) atoms. The van der Waals surface area contributed by atoms with Crippen molar-refractivity contribution in [3.8, 4) is 0 Å². The van der Waals surface area contributed by atoms with Gasteiger partial charge in [0.05, 0.1) is 13.0 Å². The molecule has 126 valence electrons. The molecule has 6 nitrogen and oxygen atoms in total. The van der Waals surface area contributed by atoms with Crippen LogP contribution in [0.25, 0.3) is 0 Å². The SMILES string of the molecule is O=C(CNC(=O)Cc1cccc(F)c1)NCCN1CCNCC1. The van der Waals surface area contributed by atoms with Crippen LogP contribution in [0.1, 0.15) is 5.56 Å². The third-order valence-electron chi connectivity index (χ3n) is 3.66. The molecule has 2 amide bonds. The summed E-state index contributed by atoms with van der Waals surface area (Å²) in [5.41, 5.74) is 0.585. The first kappa shape index (κ1) is 17.4. The lowest BCUT2D eigenvalue weighted by molar-refractivity contribution is -0.125. The van der Waals surface area contributed by atoms with Gasteiger partial charge in [0.25, 0.3) is 0 Å². The number of piperazine rings is 1. The summed E-state index contributed by atoms with van der Waals surface area (Å²) in [6.45, 7) is 5.24. The normalized spacial score (nSPS) is 15.2. The first-order valence-electron chi connectivity index (χ1n) is 7.84. The Balaban J connectivity index is 1.59. The Kier molecular flexibility index (Phi) is 6.96. The van der Waals surface area contributed by atoms with Crippen molar-refractivity contribution in [2.45, 2.75) is 6.42 Å². The van der Waals surface area contributed by atoms with Crippen molar-refractivity contribution in [1.82, 2.24) is 20.9 Å². The standard InChI is InChI=1S/C16H23FN4O2/c17-14-3-1-2-13(10-14)11-15(22)20-12-16(23)19-6-9-21-7-4-18-5-8-21/h1-3,10,18H,4-9,11-12H2,(H,19,23)(H,20,22). The molecule has 0 aromatic heterocycles. The van der Waals surface area contributed by atoms with Crippen LogP contribution in [0.5, 0.6) is 0 Å². The third kappa shape index (κ3) is 6.75. The highest BCUT2D eigenvalue weighted by Crippen LogP contribution is 2.03. The van der Waals surface area contributed by atoms with Gasteiger partial charge < -0.3 is 16.0 Å². The number of carbonyl (C=O) groups is 2. The van der Waals surface area contributed by atoms with Gasteiger partial charge in [-0.15, -0.1) is 0 Å². The average Bonchev–Trinajstić information content (AvgIpc) is 2.54. The Labute approximate surface area is 135 Å². The Morgan fingerprint density at radius 3 is 2.70 bits per heavy atom. The lowest BCUT2D eigenvalue weighted by Crippen LogP contribution is -2.47. The van der Waals surface area contributed by atoms with Gasteiger partial charge in [-0.05, 0) is 17.7 Å². The number of benzene rings is 1. The van der Waals surface area contributed by atoms with E-state index in [1.165, 1.54) is 12.1 Å². The number of halogens is 1. The van der Waals surface area contributed by atoms with Crippen molar-refractivity contribution < 1.29 is 14.0 Å². The summed E-state index contributed by atoms with van der Waals surface area (Å²) < 4.78 is 13.0. The molecule has 0 saturated carbocycles. The van der Waals surface area contributed by atoms with E-state index >= 15 is 0 Å². The van der Waals surface area contributed by atoms with Crippen LogP contribution in [-0.2, 0) is 16.0 Å². The molecule has 7 heteroatoms. The second-order valence-electron chi connectivity index (χ2n) is 5.53. The van der Waals surface area contributed by atoms with Crippen molar-refractivity contribution in [3.05, 3.63) is 35.6 Å². The topological polar surface area (TPSA) is 73.5 Å². The van der Waals surface area contributed by atoms with Gasteiger partial charge in [-0.25, -0.2) is 4.39 Å². The fourth-order valence-electron chi connectivity index (χ4n) is 2.42. The highest BCUT2D eigenvalue weighted by molar-refractivity contribution is 5.85. The van der Waals surface area contributed by atoms with Crippen LogP contribution in [0.4, 0.5) is 4.39 Å². The predicted molar refractivity (Wildman–Crippen MR) is 85.4 cm³/mol. The molecule has 2 rings (SSSR count). The summed E-state index contributed by atoms with van der Waals surface area (Å²) in [7, 11) is 0. The van der Waals surface area contributed by atoms with E-state index in [1.807, 2.05) is 0 Å². The first-order valence-corrected chi connectivity index (χ1v) is 7.84. The minimum Gasteiger partial charge on any atom is -0.353 e. The summed E-state index contributed by atoms with van der Waals surface area (Å²) >= 11 is 0. The summed E-state index contributed by atoms with van der Waals surface area (Å²) in [4.78, 5) is 25.7. The molecule has 1 fully saturated rings. The molecule has 0 bridgehead atoms. The van der Waals surface area contributed by atoms with Gasteiger partial charge in [0.2, 0.25) is 11.8 Å². The van der Waals surface area contributed by atoms with E-state index in [0.29, 0.717) is 12.1 Å². The number of amides is 2. The van der Waals surface area contributed by atoms with Gasteiger partial charge in [-0.3, -0.25) is 14.5 Å². The molecule has 0 atom stereocenters. The largest absolute Gasteiger partial charge is 0.353 e. The molecule has 0 aliphatic carbocycles. The summed E-state index contributed by atoms with van der Waals surface area (Å²) in [5, 5.41) is 8.59. The van der Waals surface area contributed by atoms with Crippen molar-refractivity contribution in [1.29, 1.82) is 0 Å². The number of hydrogen-bond acceptors (Lipinski definition) is 4. The van der Waals surface area contributed by atoms with E-state index in [4.69, 9.17) is 0 Å². The first-order chi connectivity index (χ1) is 11.1. The number of nitrogens with one attached hydrogen (secondary N) is 3. The fourth-order valence-corrected chi connectivity index (χ4v) is 2.42. The van der Waals surface area contributed by atoms with Crippen LogP contribution in [0.15, 0.2) is 24.3 Å². The maximum absolute atomic E-state index is 13.0. The number of carbonyl (C=O) groups excluding carboxylic acids is 2. The lowest BCUT2D eigenvalue weighted by Gasteiger charge is -2.27. The quantitative estimate of drug-likeness (QED) is 0.633. The van der Waals surface area contributed by atoms with Gasteiger partial charge >= 0.3 is 0 Å². The van der Waals surface area contributed by atoms with Gasteiger partial charge in [-0.1, -0.05) is 12.1 Å². The van der Waals surface area contributed by atoms with E-state index in [9.17, 15) is 14.0 Å². The van der Waals surface area contributed by atoms with Crippen LogP contribution in [-0.4, -0.2) is 62.5 Å². The van der Waals surface area contributed by atoms with Crippen LogP contribution >= 0.6 is 0 Å². The maximum atomic E-state index is 13.0. The fraction of sp³-hybridized carbons (Fsp3) is 0.500. The number of rotatable bonds is 7. The highest BCUT2D eigenvalue weighted by atomic mass is 19.1. The molecule has 1 aliphatic rings. The van der Waals surface area contributed by atoms with E-state index in [0.717, 1.165) is 32.7 Å². The molecule has 3 N–H and O–H groups in total. The second-order valence-corrected chi connectivity index (χ2v) is 5.53. The van der Waals surface area contributed by atoms with Crippen molar-refractivity contribution >= 4 is 11.8 Å². The molecule has 1 heterocycles. The molecule has 1 aromatic carbocycles. The zero-order chi connectivity index (χ0) is 16.5. The van der Waals surface area contributed by atoms with Crippen LogP contribution in [0.3, 0.4) is 0 Å². The van der Waals surface area contributed by atoms with Crippen LogP contribution in [0.2, 0.25) is 0 Å². The van der Waals surface area contributed by atoms with Crippen molar-refractivity contribution in [3.63, 3.8) is 0 Å². The Bertz CT molecular complexity index is 533. The van der Waals surface area contributed by atoms with Gasteiger partial charge in [-0.2, -0.15) is 0 Å². The summed E-state index contributed by atoms with van der Waals surface area (Å²) in [5.74, 6) is -0.887. The van der Waals surface area contributed by atoms with E-state index in [-0.39, 0.29) is 30.6 Å². The number of nitrogens with zero attached hydrogens (tertiary/aromatic N) is 1. The van der Waals surface area contributed by atoms with E-state index in [1.54, 1.807) is 12.1 Å². The molecule has 0 spiro atoms. The third-order valence-corrected chi connectivity index (χ3v) is 3.66. The van der Waals surface area contributed by atoms with Gasteiger partial charge in [0.15, 0.2) is 0 Å². The summed E-state index contributed by atoms with van der Waals surface area (Å²) in [6, 6.07) is 5.87. The van der Waals surface area contributed by atoms with E-state index in [2.05, 4.69) is 20.9 Å². The van der Waals surface area contributed by atoms with Gasteiger partial charge in [0, 0.05) is 39.3 Å². The Morgan fingerprint density at radius 2 is 1.96 bits per heavy atom. The van der Waals surface area contributed by atoms with Crippen molar-refractivity contribution in [2.24, 2.45) is 0 Å². The molecule has 0 unspecified atom stereocenters. The molecule has 1 saturated heterocycles. The van der Waals surface area contributed by atoms with E-state index < -0.39 is 0 Å². The highest BCUT2D eigenvalue weighted by Gasteiger charge is 2.10. The smallest absolute Gasteiger partial charge is 0.239 e.